The normalized spacial score (nSPS) is 8.29. The van der Waals surface area contributed by atoms with Crippen LogP contribution in [0.25, 0.3) is 11.1 Å². The van der Waals surface area contributed by atoms with Gasteiger partial charge in [0.25, 0.3) is 0 Å². The number of rotatable bonds is 1. The van der Waals surface area contributed by atoms with E-state index in [0.29, 0.717) is 0 Å². The smallest absolute Gasteiger partial charge is 0.0574 e. The fraction of sp³-hybridized carbons (Fsp3) is 0. The Kier molecular flexibility index (Phi) is 5.84. The van der Waals surface area contributed by atoms with Gasteiger partial charge in [-0.05, 0) is 11.6 Å². The molecule has 0 spiro atoms. The lowest BCUT2D eigenvalue weighted by atomic mass is 10.1. The summed E-state index contributed by atoms with van der Waals surface area (Å²) in [5, 5.41) is 7.53. The summed E-state index contributed by atoms with van der Waals surface area (Å²) in [7, 11) is 0. The van der Waals surface area contributed by atoms with Crippen LogP contribution in [0, 0.1) is 0 Å². The van der Waals surface area contributed by atoms with Crippen LogP contribution in [0.1, 0.15) is 0 Å². The Labute approximate surface area is 95.2 Å². The van der Waals surface area contributed by atoms with E-state index in [1.165, 1.54) is 5.56 Å². The Balaban J connectivity index is 0.000000845. The molecular formula is C10H10Cl2N2. The molecule has 0 aliphatic rings. The third-order valence-corrected chi connectivity index (χ3v) is 1.69. The first-order valence-corrected chi connectivity index (χ1v) is 3.79. The number of hydrogen-bond acceptors (Lipinski definition) is 2. The minimum absolute atomic E-state index is 0. The van der Waals surface area contributed by atoms with Crippen molar-refractivity contribution in [2.45, 2.75) is 0 Å². The summed E-state index contributed by atoms with van der Waals surface area (Å²) in [6, 6.07) is 12.1. The summed E-state index contributed by atoms with van der Waals surface area (Å²) in [5.74, 6) is 0. The van der Waals surface area contributed by atoms with Crippen molar-refractivity contribution >= 4 is 24.8 Å². The van der Waals surface area contributed by atoms with Crippen molar-refractivity contribution in [2.24, 2.45) is 0 Å². The van der Waals surface area contributed by atoms with Gasteiger partial charge in [-0.1, -0.05) is 30.3 Å². The summed E-state index contributed by atoms with van der Waals surface area (Å²) in [5.41, 5.74) is 2.28. The van der Waals surface area contributed by atoms with E-state index >= 15 is 0 Å². The molecule has 1 aromatic heterocycles. The van der Waals surface area contributed by atoms with Gasteiger partial charge in [0, 0.05) is 5.56 Å². The van der Waals surface area contributed by atoms with Crippen molar-refractivity contribution in [3.63, 3.8) is 0 Å². The van der Waals surface area contributed by atoms with Gasteiger partial charge in [-0.25, -0.2) is 0 Å². The van der Waals surface area contributed by atoms with Gasteiger partial charge in [0.15, 0.2) is 0 Å². The van der Waals surface area contributed by atoms with E-state index in [1.54, 1.807) is 12.4 Å². The minimum atomic E-state index is 0. The number of halogens is 2. The first-order chi connectivity index (χ1) is 5.97. The van der Waals surface area contributed by atoms with Crippen molar-refractivity contribution < 1.29 is 0 Å². The maximum Gasteiger partial charge on any atom is 0.0574 e. The van der Waals surface area contributed by atoms with Crippen LogP contribution in [-0.4, -0.2) is 10.2 Å². The molecule has 0 bridgehead atoms. The highest BCUT2D eigenvalue weighted by molar-refractivity contribution is 5.85. The molecule has 2 nitrogen and oxygen atoms in total. The summed E-state index contributed by atoms with van der Waals surface area (Å²) in [4.78, 5) is 0. The van der Waals surface area contributed by atoms with E-state index in [1.807, 2.05) is 24.3 Å². The molecule has 0 fully saturated rings. The number of benzene rings is 1. The molecule has 2 aromatic rings. The molecule has 0 aliphatic carbocycles. The monoisotopic (exact) mass is 228 g/mol. The first-order valence-electron chi connectivity index (χ1n) is 3.79. The Hall–Kier alpha value is -1.12. The predicted molar refractivity (Wildman–Crippen MR) is 62.0 cm³/mol. The summed E-state index contributed by atoms with van der Waals surface area (Å²) < 4.78 is 0. The molecule has 4 heteroatoms. The topological polar surface area (TPSA) is 25.8 Å². The highest BCUT2D eigenvalue weighted by atomic mass is 35.5. The molecule has 14 heavy (non-hydrogen) atoms. The fourth-order valence-electron chi connectivity index (χ4n) is 1.09. The Morgan fingerprint density at radius 1 is 0.714 bits per heavy atom. The van der Waals surface area contributed by atoms with E-state index in [0.717, 1.165) is 5.56 Å². The molecule has 0 aliphatic heterocycles. The molecule has 0 radical (unpaired) electrons. The molecule has 0 atom stereocenters. The summed E-state index contributed by atoms with van der Waals surface area (Å²) in [6.07, 6.45) is 3.46. The van der Waals surface area contributed by atoms with Crippen LogP contribution in [0.15, 0.2) is 48.8 Å². The van der Waals surface area contributed by atoms with Gasteiger partial charge in [-0.2, -0.15) is 10.2 Å². The van der Waals surface area contributed by atoms with E-state index in [2.05, 4.69) is 22.3 Å². The van der Waals surface area contributed by atoms with Crippen LogP contribution in [-0.2, 0) is 0 Å². The second-order valence-corrected chi connectivity index (χ2v) is 2.50. The average Bonchev–Trinajstić information content (AvgIpc) is 2.21. The average molecular weight is 229 g/mol. The largest absolute Gasteiger partial charge is 0.159 e. The first kappa shape index (κ1) is 12.9. The predicted octanol–water partition coefficient (Wildman–Crippen LogP) is 2.99. The highest BCUT2D eigenvalue weighted by Gasteiger charge is 1.93. The van der Waals surface area contributed by atoms with Crippen molar-refractivity contribution in [3.05, 3.63) is 48.8 Å². The third-order valence-electron chi connectivity index (χ3n) is 1.69. The summed E-state index contributed by atoms with van der Waals surface area (Å²) in [6.45, 7) is 0. The Bertz CT molecular complexity index is 314. The van der Waals surface area contributed by atoms with Crippen molar-refractivity contribution in [2.75, 3.05) is 0 Å². The Morgan fingerprint density at radius 3 is 2.00 bits per heavy atom. The van der Waals surface area contributed by atoms with E-state index in [4.69, 9.17) is 0 Å². The molecule has 0 saturated carbocycles. The quantitative estimate of drug-likeness (QED) is 0.751. The molecule has 1 heterocycles. The maximum atomic E-state index is 3.81. The molecule has 0 amide bonds. The van der Waals surface area contributed by atoms with Crippen LogP contribution in [0.4, 0.5) is 0 Å². The Morgan fingerprint density at radius 2 is 1.43 bits per heavy atom. The molecular weight excluding hydrogens is 219 g/mol. The van der Waals surface area contributed by atoms with Gasteiger partial charge in [-0.15, -0.1) is 24.8 Å². The molecule has 1 aromatic carbocycles. The number of nitrogens with zero attached hydrogens (tertiary/aromatic N) is 2. The van der Waals surface area contributed by atoms with Crippen LogP contribution < -0.4 is 0 Å². The molecule has 0 saturated heterocycles. The lowest BCUT2D eigenvalue weighted by molar-refractivity contribution is 1.03. The van der Waals surface area contributed by atoms with Crippen LogP contribution in [0.5, 0.6) is 0 Å². The standard InChI is InChI=1S/C10H8N2.2ClH/c1-2-4-9(5-3-1)10-6-7-11-12-8-10;;/h1-8H;2*1H. The van der Waals surface area contributed by atoms with Crippen molar-refractivity contribution in [1.29, 1.82) is 0 Å². The minimum Gasteiger partial charge on any atom is -0.159 e. The maximum absolute atomic E-state index is 3.81. The second-order valence-electron chi connectivity index (χ2n) is 2.50. The van der Waals surface area contributed by atoms with Crippen molar-refractivity contribution in [1.82, 2.24) is 10.2 Å². The highest BCUT2D eigenvalue weighted by Crippen LogP contribution is 2.15. The number of aromatic nitrogens is 2. The fourth-order valence-corrected chi connectivity index (χ4v) is 1.09. The number of hydrogen-bond donors (Lipinski definition) is 0. The van der Waals surface area contributed by atoms with E-state index < -0.39 is 0 Å². The lowest BCUT2D eigenvalue weighted by Crippen LogP contribution is -1.80. The van der Waals surface area contributed by atoms with Crippen molar-refractivity contribution in [3.8, 4) is 11.1 Å². The third kappa shape index (κ3) is 2.98. The van der Waals surface area contributed by atoms with Gasteiger partial charge in [0.1, 0.15) is 0 Å². The van der Waals surface area contributed by atoms with Gasteiger partial charge < -0.3 is 0 Å². The zero-order valence-electron chi connectivity index (χ0n) is 7.33. The zero-order chi connectivity index (χ0) is 8.23. The molecule has 0 unspecified atom stereocenters. The van der Waals surface area contributed by atoms with Gasteiger partial charge in [0.2, 0.25) is 0 Å². The summed E-state index contributed by atoms with van der Waals surface area (Å²) >= 11 is 0. The van der Waals surface area contributed by atoms with Crippen LogP contribution in [0.3, 0.4) is 0 Å². The molecule has 74 valence electrons. The molecule has 0 N–H and O–H groups in total. The van der Waals surface area contributed by atoms with Gasteiger partial charge in [0.05, 0.1) is 12.4 Å². The van der Waals surface area contributed by atoms with Gasteiger partial charge >= 0.3 is 0 Å². The lowest BCUT2D eigenvalue weighted by Gasteiger charge is -1.97. The van der Waals surface area contributed by atoms with E-state index in [-0.39, 0.29) is 24.8 Å². The van der Waals surface area contributed by atoms with Crippen LogP contribution >= 0.6 is 24.8 Å². The molecule has 2 rings (SSSR count). The van der Waals surface area contributed by atoms with Gasteiger partial charge in [-0.3, -0.25) is 0 Å². The SMILES string of the molecule is Cl.Cl.c1ccc(-c2ccnnc2)cc1. The second kappa shape index (κ2) is 6.35. The van der Waals surface area contributed by atoms with Crippen LogP contribution in [0.2, 0.25) is 0 Å². The zero-order valence-corrected chi connectivity index (χ0v) is 8.96. The van der Waals surface area contributed by atoms with E-state index in [9.17, 15) is 0 Å².